The summed E-state index contributed by atoms with van der Waals surface area (Å²) in [5.74, 6) is -0.272. The minimum absolute atomic E-state index is 0.0378. The standard InChI is InChI=1S/C14H18F4N2O2/c15-12(14(16,17)18)22-11-3-1-2-10(8-11)20-13(21)6-4-9(19)5-7-13/h1-3,8-9,12,20-21H,4-7,19H2. The number of hydrogen-bond acceptors (Lipinski definition) is 4. The van der Waals surface area contributed by atoms with Gasteiger partial charge in [0.05, 0.1) is 0 Å². The van der Waals surface area contributed by atoms with Gasteiger partial charge in [-0.25, -0.2) is 0 Å². The van der Waals surface area contributed by atoms with Crippen LogP contribution in [0.15, 0.2) is 24.3 Å². The smallest absolute Gasteiger partial charge is 0.452 e. The van der Waals surface area contributed by atoms with Crippen molar-refractivity contribution >= 4 is 5.69 Å². The van der Waals surface area contributed by atoms with Crippen molar-refractivity contribution in [1.29, 1.82) is 0 Å². The van der Waals surface area contributed by atoms with Gasteiger partial charge in [0.1, 0.15) is 11.5 Å². The fourth-order valence-electron chi connectivity index (χ4n) is 2.34. The summed E-state index contributed by atoms with van der Waals surface area (Å²) in [7, 11) is 0. The molecule has 124 valence electrons. The van der Waals surface area contributed by atoms with Crippen LogP contribution in [0.2, 0.25) is 0 Å². The lowest BCUT2D eigenvalue weighted by molar-refractivity contribution is -0.236. The van der Waals surface area contributed by atoms with Gasteiger partial charge in [0, 0.05) is 17.8 Å². The summed E-state index contributed by atoms with van der Waals surface area (Å²) in [6.45, 7) is 0. The van der Waals surface area contributed by atoms with Gasteiger partial charge < -0.3 is 20.9 Å². The molecule has 1 atom stereocenters. The molecule has 1 saturated carbocycles. The number of anilines is 1. The molecule has 0 aliphatic heterocycles. The highest BCUT2D eigenvalue weighted by atomic mass is 19.4. The molecule has 2 rings (SSSR count). The zero-order chi connectivity index (χ0) is 16.4. The fourth-order valence-corrected chi connectivity index (χ4v) is 2.34. The lowest BCUT2D eigenvalue weighted by atomic mass is 9.88. The zero-order valence-corrected chi connectivity index (χ0v) is 11.7. The van der Waals surface area contributed by atoms with Crippen LogP contribution in [0.5, 0.6) is 5.75 Å². The maximum absolute atomic E-state index is 12.9. The molecule has 0 heterocycles. The molecule has 22 heavy (non-hydrogen) atoms. The lowest BCUT2D eigenvalue weighted by Gasteiger charge is -2.36. The Morgan fingerprint density at radius 1 is 1.32 bits per heavy atom. The lowest BCUT2D eigenvalue weighted by Crippen LogP contribution is -2.44. The summed E-state index contributed by atoms with van der Waals surface area (Å²) in [5.41, 5.74) is 4.94. The second-order valence-corrected chi connectivity index (χ2v) is 5.50. The Morgan fingerprint density at radius 3 is 2.55 bits per heavy atom. The molecule has 1 aromatic carbocycles. The van der Waals surface area contributed by atoms with E-state index in [1.807, 2.05) is 0 Å². The molecule has 1 aromatic rings. The molecule has 0 bridgehead atoms. The monoisotopic (exact) mass is 322 g/mol. The molecule has 8 heteroatoms. The Bertz CT molecular complexity index is 502. The molecule has 0 spiro atoms. The third-order valence-electron chi connectivity index (χ3n) is 3.57. The first-order chi connectivity index (χ1) is 10.2. The van der Waals surface area contributed by atoms with E-state index in [4.69, 9.17) is 5.73 Å². The number of nitrogens with two attached hydrogens (primary N) is 1. The van der Waals surface area contributed by atoms with Crippen LogP contribution in [0.4, 0.5) is 23.2 Å². The number of aliphatic hydroxyl groups is 1. The number of rotatable bonds is 4. The topological polar surface area (TPSA) is 67.5 Å². The van der Waals surface area contributed by atoms with Gasteiger partial charge in [0.15, 0.2) is 0 Å². The van der Waals surface area contributed by atoms with Gasteiger partial charge >= 0.3 is 12.5 Å². The minimum atomic E-state index is -5.08. The molecule has 4 nitrogen and oxygen atoms in total. The summed E-state index contributed by atoms with van der Waals surface area (Å²) in [6, 6.07) is 5.43. The Morgan fingerprint density at radius 2 is 1.95 bits per heavy atom. The number of benzene rings is 1. The highest BCUT2D eigenvalue weighted by molar-refractivity contribution is 5.49. The molecule has 1 fully saturated rings. The fraction of sp³-hybridized carbons (Fsp3) is 0.571. The molecule has 4 N–H and O–H groups in total. The predicted molar refractivity (Wildman–Crippen MR) is 73.0 cm³/mol. The van der Waals surface area contributed by atoms with Crippen LogP contribution in [-0.2, 0) is 0 Å². The normalized spacial score (nSPS) is 27.3. The van der Waals surface area contributed by atoms with Gasteiger partial charge in [-0.15, -0.1) is 0 Å². The van der Waals surface area contributed by atoms with Crippen molar-refractivity contribution in [1.82, 2.24) is 0 Å². The highest BCUT2D eigenvalue weighted by Crippen LogP contribution is 2.31. The highest BCUT2D eigenvalue weighted by Gasteiger charge is 2.42. The second-order valence-electron chi connectivity index (χ2n) is 5.50. The average Bonchev–Trinajstić information content (AvgIpc) is 2.42. The van der Waals surface area contributed by atoms with Crippen molar-refractivity contribution in [3.05, 3.63) is 24.3 Å². The van der Waals surface area contributed by atoms with E-state index in [1.165, 1.54) is 18.2 Å². The molecular weight excluding hydrogens is 304 g/mol. The predicted octanol–water partition coefficient (Wildman–Crippen LogP) is 2.93. The molecule has 0 radical (unpaired) electrons. The molecular formula is C14H18F4N2O2. The first-order valence-electron chi connectivity index (χ1n) is 6.92. The third-order valence-corrected chi connectivity index (χ3v) is 3.57. The van der Waals surface area contributed by atoms with Crippen LogP contribution in [0, 0.1) is 0 Å². The summed E-state index contributed by atoms with van der Waals surface area (Å²) < 4.78 is 53.5. The second kappa shape index (κ2) is 6.29. The van der Waals surface area contributed by atoms with Gasteiger partial charge in [-0.3, -0.25) is 0 Å². The summed E-state index contributed by atoms with van der Waals surface area (Å²) in [5, 5.41) is 13.2. The van der Waals surface area contributed by atoms with Crippen molar-refractivity contribution in [2.75, 3.05) is 5.32 Å². The van der Waals surface area contributed by atoms with Gasteiger partial charge in [-0.2, -0.15) is 17.6 Å². The minimum Gasteiger partial charge on any atom is -0.452 e. The Hall–Kier alpha value is -1.54. The Balaban J connectivity index is 2.02. The van der Waals surface area contributed by atoms with Gasteiger partial charge in [-0.1, -0.05) is 6.07 Å². The van der Waals surface area contributed by atoms with E-state index < -0.39 is 18.3 Å². The van der Waals surface area contributed by atoms with E-state index in [0.717, 1.165) is 0 Å². The summed E-state index contributed by atoms with van der Waals surface area (Å²) in [6.07, 6.45) is -6.35. The van der Waals surface area contributed by atoms with Crippen LogP contribution in [0.25, 0.3) is 0 Å². The quantitative estimate of drug-likeness (QED) is 0.589. The first-order valence-corrected chi connectivity index (χ1v) is 6.92. The van der Waals surface area contributed by atoms with E-state index >= 15 is 0 Å². The average molecular weight is 322 g/mol. The number of halogens is 4. The van der Waals surface area contributed by atoms with E-state index in [0.29, 0.717) is 31.4 Å². The van der Waals surface area contributed by atoms with E-state index in [-0.39, 0.29) is 11.8 Å². The van der Waals surface area contributed by atoms with E-state index in [9.17, 15) is 22.7 Å². The molecule has 0 amide bonds. The van der Waals surface area contributed by atoms with Crippen molar-refractivity contribution in [3.63, 3.8) is 0 Å². The summed E-state index contributed by atoms with van der Waals surface area (Å²) >= 11 is 0. The van der Waals surface area contributed by atoms with Crippen molar-refractivity contribution in [2.24, 2.45) is 5.73 Å². The van der Waals surface area contributed by atoms with E-state index in [1.54, 1.807) is 6.07 Å². The van der Waals surface area contributed by atoms with Crippen molar-refractivity contribution in [2.45, 2.75) is 50.0 Å². The maximum atomic E-state index is 12.9. The van der Waals surface area contributed by atoms with Gasteiger partial charge in [0.2, 0.25) is 0 Å². The number of hydrogen-bond donors (Lipinski definition) is 3. The van der Waals surface area contributed by atoms with Crippen LogP contribution in [0.3, 0.4) is 0 Å². The van der Waals surface area contributed by atoms with Gasteiger partial charge in [0.25, 0.3) is 0 Å². The largest absolute Gasteiger partial charge is 0.457 e. The van der Waals surface area contributed by atoms with Crippen molar-refractivity contribution in [3.8, 4) is 5.75 Å². The molecule has 0 saturated heterocycles. The SMILES string of the molecule is NC1CCC(O)(Nc2cccc(OC(F)C(F)(F)F)c2)CC1. The molecule has 1 aliphatic carbocycles. The van der Waals surface area contributed by atoms with Crippen LogP contribution in [0.1, 0.15) is 25.7 Å². The number of ether oxygens (including phenoxy) is 1. The molecule has 0 aromatic heterocycles. The molecule has 1 unspecified atom stereocenters. The first kappa shape index (κ1) is 16.8. The van der Waals surface area contributed by atoms with E-state index in [2.05, 4.69) is 10.1 Å². The Labute approximate surface area is 125 Å². The van der Waals surface area contributed by atoms with Crippen LogP contribution >= 0.6 is 0 Å². The summed E-state index contributed by atoms with van der Waals surface area (Å²) in [4.78, 5) is 0. The number of alkyl halides is 4. The van der Waals surface area contributed by atoms with Crippen LogP contribution < -0.4 is 15.8 Å². The van der Waals surface area contributed by atoms with Gasteiger partial charge in [-0.05, 0) is 37.8 Å². The van der Waals surface area contributed by atoms with Crippen LogP contribution in [-0.4, -0.2) is 29.4 Å². The van der Waals surface area contributed by atoms with Crippen molar-refractivity contribution < 1.29 is 27.4 Å². The maximum Gasteiger partial charge on any atom is 0.457 e. The third kappa shape index (κ3) is 4.48. The number of nitrogens with one attached hydrogen (secondary N) is 1. The molecule has 1 aliphatic rings. The Kier molecular flexibility index (Phi) is 4.81. The zero-order valence-electron chi connectivity index (χ0n) is 11.7.